The van der Waals surface area contributed by atoms with E-state index in [1.54, 1.807) is 13.8 Å². The van der Waals surface area contributed by atoms with Crippen molar-refractivity contribution in [2.24, 2.45) is 10.9 Å². The molecule has 1 aliphatic rings. The van der Waals surface area contributed by atoms with Crippen LogP contribution in [0, 0.1) is 5.92 Å². The highest BCUT2D eigenvalue weighted by Crippen LogP contribution is 2.54. The molecule has 0 saturated heterocycles. The lowest BCUT2D eigenvalue weighted by Crippen LogP contribution is -2.56. The van der Waals surface area contributed by atoms with Gasteiger partial charge in [0.1, 0.15) is 0 Å². The van der Waals surface area contributed by atoms with Crippen LogP contribution >= 0.6 is 0 Å². The van der Waals surface area contributed by atoms with E-state index in [-0.39, 0.29) is 29.5 Å². The third-order valence-electron chi connectivity index (χ3n) is 4.88. The number of benzene rings is 1. The predicted octanol–water partition coefficient (Wildman–Crippen LogP) is 4.64. The normalized spacial score (nSPS) is 17.5. The Labute approximate surface area is 180 Å². The summed E-state index contributed by atoms with van der Waals surface area (Å²) in [4.78, 5) is 16.7. The van der Waals surface area contributed by atoms with Gasteiger partial charge in [-0.15, -0.1) is 0 Å². The third-order valence-corrected chi connectivity index (χ3v) is 4.88. The smallest absolute Gasteiger partial charge is 0.430 e. The van der Waals surface area contributed by atoms with Gasteiger partial charge in [0, 0.05) is 30.8 Å². The minimum Gasteiger partial charge on any atom is -0.482 e. The van der Waals surface area contributed by atoms with E-state index in [9.17, 15) is 36.2 Å². The molecule has 1 aliphatic heterocycles. The van der Waals surface area contributed by atoms with Crippen LogP contribution in [-0.4, -0.2) is 49.6 Å². The Morgan fingerprint density at radius 2 is 1.75 bits per heavy atom. The van der Waals surface area contributed by atoms with E-state index < -0.39 is 35.5 Å². The molecule has 0 spiro atoms. The van der Waals surface area contributed by atoms with Gasteiger partial charge in [0.05, 0.1) is 7.11 Å². The fourth-order valence-electron chi connectivity index (χ4n) is 3.58. The Kier molecular flexibility index (Phi) is 7.18. The van der Waals surface area contributed by atoms with Gasteiger partial charge in [-0.1, -0.05) is 19.9 Å². The first kappa shape index (κ1) is 25.5. The molecule has 1 atom stereocenters. The number of nitrogens with zero attached hydrogens (tertiary/aromatic N) is 2. The highest BCUT2D eigenvalue weighted by molar-refractivity contribution is 6.05. The molecule has 6 nitrogen and oxygen atoms in total. The second kappa shape index (κ2) is 9.00. The summed E-state index contributed by atoms with van der Waals surface area (Å²) in [7, 11) is 1.54. The summed E-state index contributed by atoms with van der Waals surface area (Å²) in [5.74, 6) is -1.89. The summed E-state index contributed by atoms with van der Waals surface area (Å²) < 4.78 is 92.0. The molecule has 178 valence electrons. The molecule has 2 rings (SSSR count). The van der Waals surface area contributed by atoms with Crippen LogP contribution in [0.5, 0.6) is 0 Å². The first-order valence-corrected chi connectivity index (χ1v) is 9.32. The summed E-state index contributed by atoms with van der Waals surface area (Å²) in [5.41, 5.74) is -5.89. The third kappa shape index (κ3) is 4.41. The monoisotopic (exact) mass is 468 g/mol. The molecule has 0 saturated carbocycles. The molecule has 1 aromatic rings. The van der Waals surface area contributed by atoms with E-state index in [1.165, 1.54) is 19.5 Å². The van der Waals surface area contributed by atoms with Crippen LogP contribution < -0.4 is 4.90 Å². The summed E-state index contributed by atoms with van der Waals surface area (Å²) in [5, 5.41) is 9.57. The maximum Gasteiger partial charge on any atom is 0.430 e. The van der Waals surface area contributed by atoms with Gasteiger partial charge in [0.2, 0.25) is 11.9 Å². The Morgan fingerprint density at radius 1 is 1.16 bits per heavy atom. The zero-order valence-electron chi connectivity index (χ0n) is 17.6. The van der Waals surface area contributed by atoms with Gasteiger partial charge in [0.15, 0.2) is 0 Å². The average molecular weight is 468 g/mol. The Bertz CT molecular complexity index is 894. The number of rotatable bonds is 6. The van der Waals surface area contributed by atoms with E-state index in [4.69, 9.17) is 4.74 Å². The Balaban J connectivity index is 2.76. The summed E-state index contributed by atoms with van der Waals surface area (Å²) in [6, 6.07) is 1.28. The summed E-state index contributed by atoms with van der Waals surface area (Å²) in [6.07, 6.45) is -9.32. The van der Waals surface area contributed by atoms with Crippen LogP contribution in [-0.2, 0) is 26.3 Å². The highest BCUT2D eigenvalue weighted by Gasteiger charge is 2.73. The minimum absolute atomic E-state index is 0.0480. The van der Waals surface area contributed by atoms with Gasteiger partial charge < -0.3 is 19.5 Å². The van der Waals surface area contributed by atoms with Gasteiger partial charge in [-0.05, 0) is 30.0 Å². The van der Waals surface area contributed by atoms with Crippen molar-refractivity contribution >= 4 is 17.6 Å². The number of aliphatic carboxylic acids is 1. The lowest BCUT2D eigenvalue weighted by Gasteiger charge is -2.38. The number of carbonyl (C=O) groups is 1. The van der Waals surface area contributed by atoms with E-state index in [1.807, 2.05) is 0 Å². The van der Waals surface area contributed by atoms with Crippen LogP contribution in [0.25, 0.3) is 0 Å². The molecule has 0 bridgehead atoms. The fraction of sp³-hybridized carbons (Fsp3) is 0.500. The zero-order chi connectivity index (χ0) is 24.5. The van der Waals surface area contributed by atoms with Crippen molar-refractivity contribution in [1.29, 1.82) is 0 Å². The van der Waals surface area contributed by atoms with E-state index in [0.717, 1.165) is 17.0 Å². The molecule has 1 aromatic carbocycles. The number of carboxylic acids is 1. The molecule has 32 heavy (non-hydrogen) atoms. The highest BCUT2D eigenvalue weighted by atomic mass is 19.4. The standard InChI is InChI=1S/C20H22F6N2O4/c1-11(2)9-12-10-13(28-8-7-27-16(31-3)15(28)17(29)30)5-6-14(12)18(32-4,19(21,22)23)20(24,25)26/h5-8,10-11,15H,9H2,1-4H3,(H,29,30). The lowest BCUT2D eigenvalue weighted by atomic mass is 9.84. The SMILES string of the molecule is COC1=NC=CN(c2ccc(C(OC)(C(F)(F)F)C(F)(F)F)c(CC(C)C)c2)C1C(=O)O. The van der Waals surface area contributed by atoms with Crippen LogP contribution in [0.2, 0.25) is 0 Å². The molecule has 0 radical (unpaired) electrons. The van der Waals surface area contributed by atoms with Crippen molar-refractivity contribution in [1.82, 2.24) is 0 Å². The van der Waals surface area contributed by atoms with Crippen LogP contribution in [0.4, 0.5) is 32.0 Å². The van der Waals surface area contributed by atoms with Crippen molar-refractivity contribution in [2.75, 3.05) is 19.1 Å². The number of hydrogen-bond donors (Lipinski definition) is 1. The molecule has 1 heterocycles. The van der Waals surface area contributed by atoms with Crippen molar-refractivity contribution in [2.45, 2.75) is 44.3 Å². The van der Waals surface area contributed by atoms with Gasteiger partial charge in [0.25, 0.3) is 5.60 Å². The lowest BCUT2D eigenvalue weighted by molar-refractivity contribution is -0.383. The maximum absolute atomic E-state index is 13.8. The zero-order valence-corrected chi connectivity index (χ0v) is 17.6. The van der Waals surface area contributed by atoms with Gasteiger partial charge in [-0.3, -0.25) is 0 Å². The summed E-state index contributed by atoms with van der Waals surface area (Å²) in [6.45, 7) is 3.26. The van der Waals surface area contributed by atoms with Crippen molar-refractivity contribution in [3.8, 4) is 0 Å². The van der Waals surface area contributed by atoms with Gasteiger partial charge >= 0.3 is 18.3 Å². The maximum atomic E-state index is 13.8. The number of methoxy groups -OCH3 is 2. The summed E-state index contributed by atoms with van der Waals surface area (Å²) >= 11 is 0. The topological polar surface area (TPSA) is 71.4 Å². The van der Waals surface area contributed by atoms with Crippen molar-refractivity contribution < 1.29 is 45.7 Å². The number of anilines is 1. The molecule has 1 N–H and O–H groups in total. The molecular formula is C20H22F6N2O4. The number of ether oxygens (including phenoxy) is 2. The van der Waals surface area contributed by atoms with Crippen LogP contribution in [0.3, 0.4) is 0 Å². The van der Waals surface area contributed by atoms with Crippen molar-refractivity contribution in [3.63, 3.8) is 0 Å². The number of aliphatic imine (C=N–C) groups is 1. The van der Waals surface area contributed by atoms with Gasteiger partial charge in [-0.2, -0.15) is 26.3 Å². The molecule has 0 fully saturated rings. The predicted molar refractivity (Wildman–Crippen MR) is 103 cm³/mol. The van der Waals surface area contributed by atoms with Gasteiger partial charge in [-0.25, -0.2) is 9.79 Å². The number of halogens is 6. The average Bonchev–Trinajstić information content (AvgIpc) is 2.66. The molecule has 0 aromatic heterocycles. The number of carboxylic acid groups (broad SMARTS) is 1. The van der Waals surface area contributed by atoms with E-state index in [2.05, 4.69) is 9.73 Å². The second-order valence-corrected chi connectivity index (χ2v) is 7.44. The minimum atomic E-state index is -5.81. The van der Waals surface area contributed by atoms with E-state index >= 15 is 0 Å². The Morgan fingerprint density at radius 3 is 2.19 bits per heavy atom. The first-order chi connectivity index (χ1) is 14.7. The van der Waals surface area contributed by atoms with Crippen LogP contribution in [0.15, 0.2) is 35.6 Å². The van der Waals surface area contributed by atoms with Crippen LogP contribution in [0.1, 0.15) is 25.0 Å². The first-order valence-electron chi connectivity index (χ1n) is 9.32. The quantitative estimate of drug-likeness (QED) is 0.616. The van der Waals surface area contributed by atoms with E-state index in [0.29, 0.717) is 13.2 Å². The molecule has 12 heteroatoms. The molecule has 0 aliphatic carbocycles. The van der Waals surface area contributed by atoms with Crippen molar-refractivity contribution in [3.05, 3.63) is 41.7 Å². The second-order valence-electron chi connectivity index (χ2n) is 7.44. The number of hydrogen-bond acceptors (Lipinski definition) is 5. The molecular weight excluding hydrogens is 446 g/mol. The number of alkyl halides is 6. The molecule has 1 unspecified atom stereocenters. The molecule has 0 amide bonds. The largest absolute Gasteiger partial charge is 0.482 e. The fourth-order valence-corrected chi connectivity index (χ4v) is 3.58. The Hall–Kier alpha value is -2.76.